The summed E-state index contributed by atoms with van der Waals surface area (Å²) in [6, 6.07) is -0.844. The molecule has 1 aliphatic heterocycles. The van der Waals surface area contributed by atoms with Crippen molar-refractivity contribution in [1.29, 1.82) is 0 Å². The zero-order valence-corrected chi connectivity index (χ0v) is 41.4. The van der Waals surface area contributed by atoms with Gasteiger partial charge in [-0.2, -0.15) is 0 Å². The van der Waals surface area contributed by atoms with Crippen LogP contribution < -0.4 is 5.32 Å². The first-order valence-corrected chi connectivity index (χ1v) is 26.8. The average Bonchev–Trinajstić information content (AvgIpc) is 3.30. The van der Waals surface area contributed by atoms with Gasteiger partial charge in [0.1, 0.15) is 24.4 Å². The van der Waals surface area contributed by atoms with Crippen molar-refractivity contribution in [2.24, 2.45) is 0 Å². The Morgan fingerprint density at radius 2 is 1.00 bits per heavy atom. The van der Waals surface area contributed by atoms with Gasteiger partial charge in [-0.15, -0.1) is 0 Å². The second kappa shape index (κ2) is 44.4. The minimum atomic E-state index is -1.58. The second-order valence-electron chi connectivity index (χ2n) is 18.6. The molecule has 0 bridgehead atoms. The largest absolute Gasteiger partial charge is 0.466 e. The normalized spacial score (nSPS) is 20.0. The Hall–Kier alpha value is -2.12. The molecular formula is C54H99NO10. The summed E-state index contributed by atoms with van der Waals surface area (Å²) in [4.78, 5) is 25.0. The Bertz CT molecular complexity index is 1180. The second-order valence-corrected chi connectivity index (χ2v) is 18.6. The number of ether oxygens (including phenoxy) is 3. The van der Waals surface area contributed by atoms with E-state index in [9.17, 15) is 35.1 Å². The van der Waals surface area contributed by atoms with E-state index < -0.39 is 49.5 Å². The third-order valence-corrected chi connectivity index (χ3v) is 12.5. The van der Waals surface area contributed by atoms with Crippen LogP contribution in [0.3, 0.4) is 0 Å². The maximum absolute atomic E-state index is 12.9. The molecule has 0 spiro atoms. The molecule has 0 aromatic carbocycles. The van der Waals surface area contributed by atoms with Crippen LogP contribution in [0.15, 0.2) is 36.5 Å². The number of unbranched alkanes of at least 4 members (excludes halogenated alkanes) is 27. The average molecular weight is 922 g/mol. The molecule has 65 heavy (non-hydrogen) atoms. The van der Waals surface area contributed by atoms with Crippen molar-refractivity contribution in [3.63, 3.8) is 0 Å². The number of nitrogens with one attached hydrogen (secondary N) is 1. The monoisotopic (exact) mass is 922 g/mol. The van der Waals surface area contributed by atoms with Gasteiger partial charge in [0.15, 0.2) is 6.29 Å². The number of hydrogen-bond acceptors (Lipinski definition) is 10. The lowest BCUT2D eigenvalue weighted by atomic mass is 9.99. The van der Waals surface area contributed by atoms with Crippen LogP contribution in [0.4, 0.5) is 0 Å². The molecule has 1 fully saturated rings. The van der Waals surface area contributed by atoms with Crippen LogP contribution in [0, 0.1) is 0 Å². The highest BCUT2D eigenvalue weighted by Crippen LogP contribution is 2.23. The lowest BCUT2D eigenvalue weighted by molar-refractivity contribution is -0.302. The third-order valence-electron chi connectivity index (χ3n) is 12.5. The minimum Gasteiger partial charge on any atom is -0.466 e. The standard InChI is InChI=1S/C54H99NO10/c1-3-5-7-9-11-13-14-15-16-17-18-22-26-30-34-38-42-50(59)63-43-39-35-31-27-23-20-19-21-25-29-33-37-41-49(58)55-46(47(57)40-36-32-28-24-12-10-8-6-4-2)45-64-54-53(62)52(61)51(60)48(44-56)65-54/h12,20,23-24,36,40,46-48,51-54,56-57,60-62H,3-11,13-19,21-22,25-35,37-39,41-45H2,1-2H3,(H,55,58)/b23-20-,24-12+,40-36+. The smallest absolute Gasteiger partial charge is 0.305 e. The lowest BCUT2D eigenvalue weighted by Crippen LogP contribution is -2.60. The number of esters is 1. The van der Waals surface area contributed by atoms with Gasteiger partial charge >= 0.3 is 5.97 Å². The van der Waals surface area contributed by atoms with Gasteiger partial charge in [0, 0.05) is 12.8 Å². The van der Waals surface area contributed by atoms with Crippen LogP contribution in [0.1, 0.15) is 232 Å². The van der Waals surface area contributed by atoms with Gasteiger partial charge in [-0.25, -0.2) is 0 Å². The summed E-state index contributed by atoms with van der Waals surface area (Å²) in [5.74, 6) is -0.266. The summed E-state index contributed by atoms with van der Waals surface area (Å²) in [6.07, 6.45) is 42.4. The van der Waals surface area contributed by atoms with Gasteiger partial charge in [0.2, 0.25) is 5.91 Å². The molecule has 11 heteroatoms. The van der Waals surface area contributed by atoms with E-state index in [4.69, 9.17) is 14.2 Å². The Morgan fingerprint density at radius 3 is 1.55 bits per heavy atom. The number of aliphatic hydroxyl groups excluding tert-OH is 5. The van der Waals surface area contributed by atoms with E-state index >= 15 is 0 Å². The molecule has 1 aliphatic rings. The fourth-order valence-corrected chi connectivity index (χ4v) is 8.15. The van der Waals surface area contributed by atoms with Crippen LogP contribution in [0.2, 0.25) is 0 Å². The minimum absolute atomic E-state index is 0.0454. The molecule has 1 rings (SSSR count). The van der Waals surface area contributed by atoms with E-state index in [2.05, 4.69) is 43.5 Å². The number of amides is 1. The van der Waals surface area contributed by atoms with Crippen LogP contribution in [-0.4, -0.2) is 100 Å². The highest BCUT2D eigenvalue weighted by molar-refractivity contribution is 5.76. The van der Waals surface area contributed by atoms with Crippen molar-refractivity contribution in [3.8, 4) is 0 Å². The number of rotatable bonds is 45. The molecule has 11 nitrogen and oxygen atoms in total. The number of allylic oxidation sites excluding steroid dienone is 5. The van der Waals surface area contributed by atoms with E-state index in [0.29, 0.717) is 25.9 Å². The van der Waals surface area contributed by atoms with Gasteiger partial charge in [0.25, 0.3) is 0 Å². The maximum Gasteiger partial charge on any atom is 0.305 e. The zero-order valence-electron chi connectivity index (χ0n) is 41.4. The van der Waals surface area contributed by atoms with Crippen molar-refractivity contribution < 1.29 is 49.3 Å². The van der Waals surface area contributed by atoms with E-state index in [1.807, 2.05) is 6.08 Å². The molecule has 0 saturated carbocycles. The van der Waals surface area contributed by atoms with Crippen molar-refractivity contribution >= 4 is 11.9 Å². The number of carbonyl (C=O) groups is 2. The first-order valence-electron chi connectivity index (χ1n) is 26.8. The molecule has 1 amide bonds. The van der Waals surface area contributed by atoms with Crippen molar-refractivity contribution in [2.75, 3.05) is 19.8 Å². The van der Waals surface area contributed by atoms with Gasteiger partial charge < -0.3 is 45.1 Å². The van der Waals surface area contributed by atoms with Crippen LogP contribution in [-0.2, 0) is 23.8 Å². The summed E-state index contributed by atoms with van der Waals surface area (Å²) in [5.41, 5.74) is 0. The topological polar surface area (TPSA) is 175 Å². The van der Waals surface area contributed by atoms with Crippen LogP contribution in [0.25, 0.3) is 0 Å². The molecule has 380 valence electrons. The Balaban J connectivity index is 2.13. The van der Waals surface area contributed by atoms with Gasteiger partial charge in [0.05, 0.1) is 32.0 Å². The molecule has 0 aromatic heterocycles. The summed E-state index contributed by atoms with van der Waals surface area (Å²) >= 11 is 0. The lowest BCUT2D eigenvalue weighted by Gasteiger charge is -2.40. The summed E-state index contributed by atoms with van der Waals surface area (Å²) in [7, 11) is 0. The SMILES string of the molecule is CCCCC/C=C/CC/C=C/C(O)C(COC1OC(CO)C(O)C(O)C1O)NC(=O)CCCCCCC/C=C\CCCCCOC(=O)CCCCCCCCCCCCCCCCCC. The first-order chi connectivity index (χ1) is 31.7. The molecule has 1 saturated heterocycles. The van der Waals surface area contributed by atoms with Crippen LogP contribution in [0.5, 0.6) is 0 Å². The quantitative estimate of drug-likeness (QED) is 0.0196. The molecule has 0 aromatic rings. The first kappa shape index (κ1) is 60.9. The summed E-state index contributed by atoms with van der Waals surface area (Å²) < 4.78 is 16.6. The van der Waals surface area contributed by atoms with Crippen molar-refractivity contribution in [2.45, 2.75) is 275 Å². The van der Waals surface area contributed by atoms with Gasteiger partial charge in [-0.1, -0.05) is 179 Å². The fourth-order valence-electron chi connectivity index (χ4n) is 8.15. The molecule has 6 N–H and O–H groups in total. The van der Waals surface area contributed by atoms with Crippen molar-refractivity contribution in [3.05, 3.63) is 36.5 Å². The molecular weight excluding hydrogens is 823 g/mol. The Morgan fingerprint density at radius 1 is 0.554 bits per heavy atom. The van der Waals surface area contributed by atoms with E-state index in [1.165, 1.54) is 109 Å². The highest BCUT2D eigenvalue weighted by Gasteiger charge is 2.44. The van der Waals surface area contributed by atoms with E-state index in [-0.39, 0.29) is 18.5 Å². The van der Waals surface area contributed by atoms with Gasteiger partial charge in [-0.3, -0.25) is 9.59 Å². The summed E-state index contributed by atoms with van der Waals surface area (Å²) in [5, 5.41) is 54.0. The Labute approximate surface area is 396 Å². The fraction of sp³-hybridized carbons (Fsp3) is 0.852. The predicted molar refractivity (Wildman–Crippen MR) is 264 cm³/mol. The number of hydrogen-bond donors (Lipinski definition) is 6. The number of carbonyl (C=O) groups excluding carboxylic acids is 2. The highest BCUT2D eigenvalue weighted by atomic mass is 16.7. The Kier molecular flexibility index (Phi) is 41.6. The van der Waals surface area contributed by atoms with Crippen LogP contribution >= 0.6 is 0 Å². The summed E-state index contributed by atoms with van der Waals surface area (Å²) in [6.45, 7) is 4.18. The van der Waals surface area contributed by atoms with E-state index in [1.54, 1.807) is 6.08 Å². The molecule has 0 aliphatic carbocycles. The van der Waals surface area contributed by atoms with E-state index in [0.717, 1.165) is 89.9 Å². The molecule has 7 unspecified atom stereocenters. The molecule has 0 radical (unpaired) electrons. The zero-order chi connectivity index (χ0) is 47.4. The number of aliphatic hydroxyl groups is 5. The van der Waals surface area contributed by atoms with Crippen molar-refractivity contribution in [1.82, 2.24) is 5.32 Å². The predicted octanol–water partition coefficient (Wildman–Crippen LogP) is 11.2. The molecule has 1 heterocycles. The molecule has 7 atom stereocenters. The van der Waals surface area contributed by atoms with Gasteiger partial charge in [-0.05, 0) is 77.0 Å². The maximum atomic E-state index is 12.9. The third kappa shape index (κ3) is 34.8.